The molecule has 2 rings (SSSR count). The van der Waals surface area contributed by atoms with E-state index < -0.39 is 6.10 Å². The first kappa shape index (κ1) is 18.3. The zero-order chi connectivity index (χ0) is 18.1. The van der Waals surface area contributed by atoms with Gasteiger partial charge in [0.1, 0.15) is 17.2 Å². The van der Waals surface area contributed by atoms with Crippen LogP contribution in [0.2, 0.25) is 0 Å². The van der Waals surface area contributed by atoms with E-state index in [0.29, 0.717) is 17.7 Å². The molecule has 0 radical (unpaired) electrons. The maximum atomic E-state index is 12.3. The number of hydrogen-bond donors (Lipinski definition) is 2. The standard InChI is InChI=1S/C19H22N2O4/c1-3-6-18(25-16-11-9-15(24-2)10-12-16)19(23)21-20-13-14-7-4-5-8-17(14)22/h4-5,7-13,18,22H,3,6H2,1-2H3,(H,21,23)/b20-13+. The Morgan fingerprint density at radius 2 is 1.88 bits per heavy atom. The smallest absolute Gasteiger partial charge is 0.281 e. The fourth-order valence-electron chi connectivity index (χ4n) is 2.16. The number of phenols is 1. The van der Waals surface area contributed by atoms with E-state index in [1.165, 1.54) is 6.21 Å². The summed E-state index contributed by atoms with van der Waals surface area (Å²) in [6.07, 6.45) is 2.09. The van der Waals surface area contributed by atoms with Crippen molar-refractivity contribution >= 4 is 12.1 Å². The van der Waals surface area contributed by atoms with Gasteiger partial charge < -0.3 is 14.6 Å². The number of para-hydroxylation sites is 1. The van der Waals surface area contributed by atoms with Crippen LogP contribution in [0.1, 0.15) is 25.3 Å². The number of nitrogens with zero attached hydrogens (tertiary/aromatic N) is 1. The third kappa shape index (κ3) is 5.53. The Hall–Kier alpha value is -3.02. The molecule has 0 aromatic heterocycles. The van der Waals surface area contributed by atoms with Crippen LogP contribution in [0.25, 0.3) is 0 Å². The molecule has 1 unspecified atom stereocenters. The minimum Gasteiger partial charge on any atom is -0.507 e. The van der Waals surface area contributed by atoms with Crippen LogP contribution in [0.15, 0.2) is 53.6 Å². The maximum absolute atomic E-state index is 12.3. The second kappa shape index (κ2) is 9.32. The minimum absolute atomic E-state index is 0.0973. The molecule has 6 heteroatoms. The minimum atomic E-state index is -0.653. The lowest BCUT2D eigenvalue weighted by Crippen LogP contribution is -2.35. The van der Waals surface area contributed by atoms with Gasteiger partial charge >= 0.3 is 0 Å². The van der Waals surface area contributed by atoms with E-state index >= 15 is 0 Å². The van der Waals surface area contributed by atoms with Crippen LogP contribution < -0.4 is 14.9 Å². The summed E-state index contributed by atoms with van der Waals surface area (Å²) in [5.74, 6) is 1.06. The van der Waals surface area contributed by atoms with E-state index in [1.807, 2.05) is 6.92 Å². The Labute approximate surface area is 147 Å². The van der Waals surface area contributed by atoms with E-state index in [2.05, 4.69) is 10.5 Å². The molecule has 132 valence electrons. The van der Waals surface area contributed by atoms with Gasteiger partial charge in [-0.1, -0.05) is 25.5 Å². The summed E-state index contributed by atoms with van der Waals surface area (Å²) in [5, 5.41) is 13.6. The molecule has 25 heavy (non-hydrogen) atoms. The van der Waals surface area contributed by atoms with Gasteiger partial charge in [-0.3, -0.25) is 4.79 Å². The van der Waals surface area contributed by atoms with E-state index in [0.717, 1.165) is 12.2 Å². The highest BCUT2D eigenvalue weighted by Gasteiger charge is 2.19. The number of aromatic hydroxyl groups is 1. The summed E-state index contributed by atoms with van der Waals surface area (Å²) >= 11 is 0. The van der Waals surface area contributed by atoms with Crippen LogP contribution in [0, 0.1) is 0 Å². The van der Waals surface area contributed by atoms with Crippen LogP contribution in [-0.2, 0) is 4.79 Å². The Morgan fingerprint density at radius 1 is 1.20 bits per heavy atom. The number of hydrazone groups is 1. The second-order valence-electron chi connectivity index (χ2n) is 5.36. The number of ether oxygens (including phenoxy) is 2. The molecular weight excluding hydrogens is 320 g/mol. The van der Waals surface area contributed by atoms with Gasteiger partial charge in [0, 0.05) is 5.56 Å². The van der Waals surface area contributed by atoms with Crippen LogP contribution in [-0.4, -0.2) is 30.4 Å². The molecule has 1 atom stereocenters. The van der Waals surface area contributed by atoms with Crippen molar-refractivity contribution in [2.45, 2.75) is 25.9 Å². The number of benzene rings is 2. The molecule has 0 aliphatic carbocycles. The molecule has 2 N–H and O–H groups in total. The molecule has 0 saturated heterocycles. The summed E-state index contributed by atoms with van der Waals surface area (Å²) in [5.41, 5.74) is 2.98. The highest BCUT2D eigenvalue weighted by atomic mass is 16.5. The lowest BCUT2D eigenvalue weighted by molar-refractivity contribution is -0.128. The van der Waals surface area contributed by atoms with Crippen molar-refractivity contribution in [1.29, 1.82) is 0 Å². The molecule has 2 aromatic rings. The topological polar surface area (TPSA) is 80.2 Å². The van der Waals surface area contributed by atoms with Crippen LogP contribution >= 0.6 is 0 Å². The largest absolute Gasteiger partial charge is 0.507 e. The van der Waals surface area contributed by atoms with Gasteiger partial charge in [0.05, 0.1) is 13.3 Å². The summed E-state index contributed by atoms with van der Waals surface area (Å²) in [6, 6.07) is 13.8. The van der Waals surface area contributed by atoms with Gasteiger partial charge in [-0.25, -0.2) is 5.43 Å². The summed E-state index contributed by atoms with van der Waals surface area (Å²) in [7, 11) is 1.59. The highest BCUT2D eigenvalue weighted by Crippen LogP contribution is 2.19. The average molecular weight is 342 g/mol. The number of carbonyl (C=O) groups excluding carboxylic acids is 1. The van der Waals surface area contributed by atoms with Gasteiger partial charge in [-0.2, -0.15) is 5.10 Å². The van der Waals surface area contributed by atoms with Crippen molar-refractivity contribution in [2.75, 3.05) is 7.11 Å². The van der Waals surface area contributed by atoms with E-state index in [4.69, 9.17) is 9.47 Å². The first-order chi connectivity index (χ1) is 12.1. The molecule has 0 saturated carbocycles. The van der Waals surface area contributed by atoms with Crippen LogP contribution in [0.4, 0.5) is 0 Å². The van der Waals surface area contributed by atoms with Gasteiger partial charge in [0.2, 0.25) is 0 Å². The summed E-state index contributed by atoms with van der Waals surface area (Å²) in [4.78, 5) is 12.3. The van der Waals surface area contributed by atoms with Gasteiger partial charge in [-0.05, 0) is 42.8 Å². The van der Waals surface area contributed by atoms with Gasteiger partial charge in [-0.15, -0.1) is 0 Å². The Bertz CT molecular complexity index is 714. The van der Waals surface area contributed by atoms with Crippen molar-refractivity contribution in [3.8, 4) is 17.2 Å². The number of methoxy groups -OCH3 is 1. The predicted octanol–water partition coefficient (Wildman–Crippen LogP) is 3.10. The van der Waals surface area contributed by atoms with E-state index in [1.54, 1.807) is 55.6 Å². The van der Waals surface area contributed by atoms with Gasteiger partial charge in [0.25, 0.3) is 5.91 Å². The molecule has 0 aliphatic rings. The number of carbonyl (C=O) groups is 1. The maximum Gasteiger partial charge on any atom is 0.281 e. The molecule has 0 fully saturated rings. The lowest BCUT2D eigenvalue weighted by atomic mass is 10.2. The number of amides is 1. The Balaban J connectivity index is 1.98. The summed E-state index contributed by atoms with van der Waals surface area (Å²) in [6.45, 7) is 1.98. The van der Waals surface area contributed by atoms with Crippen LogP contribution in [0.3, 0.4) is 0 Å². The predicted molar refractivity (Wildman–Crippen MR) is 96.2 cm³/mol. The SMILES string of the molecule is CCCC(Oc1ccc(OC)cc1)C(=O)N/N=C/c1ccccc1O. The third-order valence-electron chi connectivity index (χ3n) is 3.50. The highest BCUT2D eigenvalue weighted by molar-refractivity contribution is 5.86. The first-order valence-electron chi connectivity index (χ1n) is 8.05. The fraction of sp³-hybridized carbons (Fsp3) is 0.263. The average Bonchev–Trinajstić information content (AvgIpc) is 2.63. The zero-order valence-corrected chi connectivity index (χ0v) is 14.3. The normalized spacial score (nSPS) is 11.9. The van der Waals surface area contributed by atoms with Crippen LogP contribution in [0.5, 0.6) is 17.2 Å². The Morgan fingerprint density at radius 3 is 2.52 bits per heavy atom. The number of phenolic OH excluding ortho intramolecular Hbond substituents is 1. The van der Waals surface area contributed by atoms with E-state index in [-0.39, 0.29) is 11.7 Å². The molecule has 0 heterocycles. The lowest BCUT2D eigenvalue weighted by Gasteiger charge is -2.17. The molecule has 0 aliphatic heterocycles. The molecule has 0 bridgehead atoms. The van der Waals surface area contributed by atoms with Crippen molar-refractivity contribution in [3.05, 3.63) is 54.1 Å². The molecule has 1 amide bonds. The van der Waals surface area contributed by atoms with Gasteiger partial charge in [0.15, 0.2) is 6.10 Å². The van der Waals surface area contributed by atoms with E-state index in [9.17, 15) is 9.90 Å². The van der Waals surface area contributed by atoms with Crippen molar-refractivity contribution < 1.29 is 19.4 Å². The third-order valence-corrected chi connectivity index (χ3v) is 3.50. The fourth-order valence-corrected chi connectivity index (χ4v) is 2.16. The molecule has 0 spiro atoms. The van der Waals surface area contributed by atoms with Crippen molar-refractivity contribution in [3.63, 3.8) is 0 Å². The number of rotatable bonds is 8. The number of hydrogen-bond acceptors (Lipinski definition) is 5. The molecular formula is C19H22N2O4. The zero-order valence-electron chi connectivity index (χ0n) is 14.3. The summed E-state index contributed by atoms with van der Waals surface area (Å²) < 4.78 is 10.9. The first-order valence-corrected chi connectivity index (χ1v) is 8.05. The monoisotopic (exact) mass is 342 g/mol. The number of nitrogens with one attached hydrogen (secondary N) is 1. The van der Waals surface area contributed by atoms with Crippen molar-refractivity contribution in [2.24, 2.45) is 5.10 Å². The quantitative estimate of drug-likeness (QED) is 0.571. The Kier molecular flexibility index (Phi) is 6.83. The molecule has 2 aromatic carbocycles. The van der Waals surface area contributed by atoms with Crippen molar-refractivity contribution in [1.82, 2.24) is 5.43 Å². The molecule has 6 nitrogen and oxygen atoms in total. The second-order valence-corrected chi connectivity index (χ2v) is 5.36.